The third kappa shape index (κ3) is 12.5. The number of benzene rings is 3. The average molecular weight is 571 g/mol. The second kappa shape index (κ2) is 20.1. The van der Waals surface area contributed by atoms with Crippen LogP contribution >= 0.6 is 0 Å². The van der Waals surface area contributed by atoms with Gasteiger partial charge in [-0.15, -0.1) is 0 Å². The summed E-state index contributed by atoms with van der Waals surface area (Å²) in [6.07, 6.45) is 19.8. The van der Waals surface area contributed by atoms with Gasteiger partial charge in [0.25, 0.3) is 0 Å². The van der Waals surface area contributed by atoms with Crippen LogP contribution in [0.15, 0.2) is 72.8 Å². The molecule has 42 heavy (non-hydrogen) atoms. The molecule has 0 bridgehead atoms. The summed E-state index contributed by atoms with van der Waals surface area (Å²) < 4.78 is 11.7. The van der Waals surface area contributed by atoms with Crippen LogP contribution < -0.4 is 4.74 Å². The zero-order valence-corrected chi connectivity index (χ0v) is 26.5. The largest absolute Gasteiger partial charge is 0.423 e. The van der Waals surface area contributed by atoms with E-state index in [1.807, 2.05) is 48.5 Å². The van der Waals surface area contributed by atoms with Gasteiger partial charge in [0.2, 0.25) is 0 Å². The van der Waals surface area contributed by atoms with Gasteiger partial charge in [0.15, 0.2) is 0 Å². The lowest BCUT2D eigenvalue weighted by Crippen LogP contribution is -2.08. The molecule has 3 nitrogen and oxygen atoms in total. The average Bonchev–Trinajstić information content (AvgIpc) is 3.03. The maximum atomic E-state index is 12.6. The first-order valence-electron chi connectivity index (χ1n) is 16.7. The van der Waals surface area contributed by atoms with Crippen LogP contribution in [0.3, 0.4) is 0 Å². The number of hydrogen-bond acceptors (Lipinski definition) is 3. The van der Waals surface area contributed by atoms with Gasteiger partial charge in [0.1, 0.15) is 5.75 Å². The summed E-state index contributed by atoms with van der Waals surface area (Å²) in [6.45, 7) is 7.42. The molecule has 1 atom stereocenters. The van der Waals surface area contributed by atoms with E-state index < -0.39 is 0 Å². The van der Waals surface area contributed by atoms with Crippen molar-refractivity contribution in [3.63, 3.8) is 0 Å². The maximum absolute atomic E-state index is 12.6. The Morgan fingerprint density at radius 3 is 1.64 bits per heavy atom. The molecule has 0 N–H and O–H groups in total. The van der Waals surface area contributed by atoms with Gasteiger partial charge in [0, 0.05) is 6.61 Å². The van der Waals surface area contributed by atoms with E-state index in [-0.39, 0.29) is 12.1 Å². The van der Waals surface area contributed by atoms with Gasteiger partial charge in [0.05, 0.1) is 11.7 Å². The number of hydrogen-bond donors (Lipinski definition) is 0. The lowest BCUT2D eigenvalue weighted by molar-refractivity contribution is 0.0627. The summed E-state index contributed by atoms with van der Waals surface area (Å²) in [5.41, 5.74) is 5.20. The number of unbranched alkanes of at least 4 members (excludes halogenated alkanes) is 12. The van der Waals surface area contributed by atoms with Crippen molar-refractivity contribution in [2.75, 3.05) is 6.61 Å². The normalized spacial score (nSPS) is 11.9. The van der Waals surface area contributed by atoms with Gasteiger partial charge in [-0.3, -0.25) is 0 Å². The van der Waals surface area contributed by atoms with E-state index in [0.717, 1.165) is 30.6 Å². The molecule has 0 saturated carbocycles. The zero-order valence-electron chi connectivity index (χ0n) is 26.5. The third-order valence-electron chi connectivity index (χ3n) is 8.15. The Bertz CT molecular complexity index is 1120. The van der Waals surface area contributed by atoms with Gasteiger partial charge in [-0.05, 0) is 72.7 Å². The molecule has 1 unspecified atom stereocenters. The predicted molar refractivity (Wildman–Crippen MR) is 177 cm³/mol. The van der Waals surface area contributed by atoms with Crippen LogP contribution in [0, 0.1) is 0 Å². The van der Waals surface area contributed by atoms with Crippen LogP contribution in [-0.2, 0) is 11.2 Å². The molecular formula is C39H54O3. The molecule has 0 aromatic heterocycles. The van der Waals surface area contributed by atoms with E-state index in [2.05, 4.69) is 45.0 Å². The first-order valence-corrected chi connectivity index (χ1v) is 16.7. The topological polar surface area (TPSA) is 35.5 Å². The highest BCUT2D eigenvalue weighted by atomic mass is 16.5. The van der Waals surface area contributed by atoms with E-state index in [1.165, 1.54) is 94.6 Å². The highest BCUT2D eigenvalue weighted by Crippen LogP contribution is 2.25. The highest BCUT2D eigenvalue weighted by molar-refractivity contribution is 5.91. The molecule has 3 rings (SSSR count). The van der Waals surface area contributed by atoms with Crippen molar-refractivity contribution in [1.29, 1.82) is 0 Å². The Morgan fingerprint density at radius 2 is 1.10 bits per heavy atom. The van der Waals surface area contributed by atoms with Crippen molar-refractivity contribution in [2.45, 2.75) is 123 Å². The Kier molecular flexibility index (Phi) is 16.1. The lowest BCUT2D eigenvalue weighted by atomic mass is 10.0. The number of aryl methyl sites for hydroxylation is 1. The molecule has 0 aliphatic rings. The van der Waals surface area contributed by atoms with Crippen molar-refractivity contribution in [2.24, 2.45) is 0 Å². The minimum Gasteiger partial charge on any atom is -0.423 e. The summed E-state index contributed by atoms with van der Waals surface area (Å²) in [5, 5.41) is 0. The van der Waals surface area contributed by atoms with Crippen molar-refractivity contribution in [1.82, 2.24) is 0 Å². The van der Waals surface area contributed by atoms with E-state index >= 15 is 0 Å². The molecule has 228 valence electrons. The molecule has 0 heterocycles. The van der Waals surface area contributed by atoms with Gasteiger partial charge in [-0.1, -0.05) is 139 Å². The lowest BCUT2D eigenvalue weighted by Gasteiger charge is -2.14. The summed E-state index contributed by atoms with van der Waals surface area (Å²) in [7, 11) is 0. The van der Waals surface area contributed by atoms with Crippen molar-refractivity contribution in [3.8, 4) is 16.9 Å². The fourth-order valence-corrected chi connectivity index (χ4v) is 5.32. The molecule has 0 aliphatic heterocycles. The molecule has 3 aromatic carbocycles. The number of carbonyl (C=O) groups excluding carboxylic acids is 1. The predicted octanol–water partition coefficient (Wildman–Crippen LogP) is 11.7. The van der Waals surface area contributed by atoms with Crippen LogP contribution in [0.4, 0.5) is 0 Å². The van der Waals surface area contributed by atoms with E-state index in [0.29, 0.717) is 11.3 Å². The van der Waals surface area contributed by atoms with Crippen molar-refractivity contribution >= 4 is 5.97 Å². The van der Waals surface area contributed by atoms with Gasteiger partial charge in [-0.2, -0.15) is 0 Å². The Hall–Kier alpha value is -2.91. The molecule has 0 aliphatic carbocycles. The first-order chi connectivity index (χ1) is 20.6. The fourth-order valence-electron chi connectivity index (χ4n) is 5.32. The molecular weight excluding hydrogens is 516 g/mol. The van der Waals surface area contributed by atoms with E-state index in [9.17, 15) is 4.79 Å². The first kappa shape index (κ1) is 33.6. The highest BCUT2D eigenvalue weighted by Gasteiger charge is 2.10. The standard InChI is InChI=1S/C39H54O3/c1-4-6-8-9-10-11-12-13-14-15-16-17-31-41-32(3)34-21-23-35(24-22-34)36-25-27-37(28-26-36)39(40)42-38-29-19-33(20-30-38)18-7-5-2/h19-30,32H,4-18,31H2,1-3H3. The Morgan fingerprint density at radius 1 is 0.595 bits per heavy atom. The molecule has 0 fully saturated rings. The maximum Gasteiger partial charge on any atom is 0.343 e. The summed E-state index contributed by atoms with van der Waals surface area (Å²) in [6, 6.07) is 24.0. The fraction of sp³-hybridized carbons (Fsp3) is 0.513. The number of rotatable bonds is 21. The number of esters is 1. The molecule has 3 aromatic rings. The Balaban J connectivity index is 1.33. The monoisotopic (exact) mass is 570 g/mol. The van der Waals surface area contributed by atoms with Crippen LogP contribution in [0.1, 0.15) is 138 Å². The van der Waals surface area contributed by atoms with Crippen LogP contribution in [0.2, 0.25) is 0 Å². The molecule has 3 heteroatoms. The SMILES string of the molecule is CCCCCCCCCCCCCCOC(C)c1ccc(-c2ccc(C(=O)Oc3ccc(CCCC)cc3)cc2)cc1. The molecule has 0 spiro atoms. The van der Waals surface area contributed by atoms with Crippen LogP contribution in [0.5, 0.6) is 5.75 Å². The minimum atomic E-state index is -0.336. The van der Waals surface area contributed by atoms with Crippen molar-refractivity contribution < 1.29 is 14.3 Å². The molecule has 0 radical (unpaired) electrons. The van der Waals surface area contributed by atoms with Crippen LogP contribution in [0.25, 0.3) is 11.1 Å². The minimum absolute atomic E-state index is 0.0876. The van der Waals surface area contributed by atoms with Gasteiger partial charge >= 0.3 is 5.97 Å². The molecule has 0 amide bonds. The summed E-state index contributed by atoms with van der Waals surface area (Å²) >= 11 is 0. The zero-order chi connectivity index (χ0) is 29.8. The van der Waals surface area contributed by atoms with Gasteiger partial charge < -0.3 is 9.47 Å². The van der Waals surface area contributed by atoms with E-state index in [4.69, 9.17) is 9.47 Å². The molecule has 0 saturated heterocycles. The second-order valence-corrected chi connectivity index (χ2v) is 11.7. The van der Waals surface area contributed by atoms with Crippen molar-refractivity contribution in [3.05, 3.63) is 89.5 Å². The Labute approximate surface area is 256 Å². The summed E-state index contributed by atoms with van der Waals surface area (Å²) in [5.74, 6) is 0.243. The van der Waals surface area contributed by atoms with Gasteiger partial charge in [-0.25, -0.2) is 4.79 Å². The smallest absolute Gasteiger partial charge is 0.343 e. The quantitative estimate of drug-likeness (QED) is 0.0726. The second-order valence-electron chi connectivity index (χ2n) is 11.7. The third-order valence-corrected chi connectivity index (χ3v) is 8.15. The van der Waals surface area contributed by atoms with E-state index in [1.54, 1.807) is 0 Å². The van der Waals surface area contributed by atoms with Crippen LogP contribution in [-0.4, -0.2) is 12.6 Å². The summed E-state index contributed by atoms with van der Waals surface area (Å²) in [4.78, 5) is 12.6. The number of ether oxygens (including phenoxy) is 2. The number of carbonyl (C=O) groups is 1.